The van der Waals surface area contributed by atoms with Gasteiger partial charge < -0.3 is 14.8 Å². The minimum atomic E-state index is -0.0160. The number of benzene rings is 2. The standard InChI is InChI=1S/C19H23NO3/c1-4-23-17-8-6-15(7-9-17)12-19(21)20-13-16-11-14(2)5-10-18(16)22-3/h5-11H,4,12-13H2,1-3H3,(H,20,21). The normalized spacial score (nSPS) is 10.2. The Bertz CT molecular complexity index is 650. The molecule has 1 amide bonds. The van der Waals surface area contributed by atoms with E-state index in [2.05, 4.69) is 5.32 Å². The lowest BCUT2D eigenvalue weighted by Crippen LogP contribution is -2.24. The molecule has 4 nitrogen and oxygen atoms in total. The summed E-state index contributed by atoms with van der Waals surface area (Å²) in [4.78, 5) is 12.1. The second-order valence-electron chi connectivity index (χ2n) is 5.35. The molecular weight excluding hydrogens is 290 g/mol. The smallest absolute Gasteiger partial charge is 0.224 e. The number of methoxy groups -OCH3 is 1. The fourth-order valence-electron chi connectivity index (χ4n) is 2.36. The van der Waals surface area contributed by atoms with Gasteiger partial charge in [-0.25, -0.2) is 0 Å². The molecule has 23 heavy (non-hydrogen) atoms. The summed E-state index contributed by atoms with van der Waals surface area (Å²) in [6, 6.07) is 13.5. The van der Waals surface area contributed by atoms with Gasteiger partial charge >= 0.3 is 0 Å². The second kappa shape index (κ2) is 8.22. The number of carbonyl (C=O) groups excluding carboxylic acids is 1. The van der Waals surface area contributed by atoms with E-state index in [1.54, 1.807) is 7.11 Å². The largest absolute Gasteiger partial charge is 0.496 e. The highest BCUT2D eigenvalue weighted by molar-refractivity contribution is 5.78. The summed E-state index contributed by atoms with van der Waals surface area (Å²) in [6.45, 7) is 5.06. The van der Waals surface area contributed by atoms with Gasteiger partial charge in [0.2, 0.25) is 5.91 Å². The molecule has 0 saturated heterocycles. The van der Waals surface area contributed by atoms with Crippen molar-refractivity contribution in [2.24, 2.45) is 0 Å². The average molecular weight is 313 g/mol. The molecule has 0 bridgehead atoms. The number of hydrogen-bond acceptors (Lipinski definition) is 3. The molecule has 0 aliphatic rings. The number of carbonyl (C=O) groups is 1. The number of ether oxygens (including phenoxy) is 2. The van der Waals surface area contributed by atoms with E-state index in [9.17, 15) is 4.79 Å². The fraction of sp³-hybridized carbons (Fsp3) is 0.316. The van der Waals surface area contributed by atoms with Gasteiger partial charge in [0.15, 0.2) is 0 Å². The summed E-state index contributed by atoms with van der Waals surface area (Å²) in [7, 11) is 1.63. The van der Waals surface area contributed by atoms with Crippen molar-refractivity contribution in [2.75, 3.05) is 13.7 Å². The Labute approximate surface area is 137 Å². The van der Waals surface area contributed by atoms with Crippen LogP contribution >= 0.6 is 0 Å². The van der Waals surface area contributed by atoms with E-state index in [4.69, 9.17) is 9.47 Å². The highest BCUT2D eigenvalue weighted by atomic mass is 16.5. The third-order valence-corrected chi connectivity index (χ3v) is 3.51. The third kappa shape index (κ3) is 5.02. The molecule has 0 heterocycles. The summed E-state index contributed by atoms with van der Waals surface area (Å²) in [6.07, 6.45) is 0.348. The maximum atomic E-state index is 12.1. The number of nitrogens with one attached hydrogen (secondary N) is 1. The molecule has 0 atom stereocenters. The molecule has 0 fully saturated rings. The van der Waals surface area contributed by atoms with Crippen LogP contribution in [0.1, 0.15) is 23.6 Å². The van der Waals surface area contributed by atoms with Crippen LogP contribution in [0.3, 0.4) is 0 Å². The van der Waals surface area contributed by atoms with Crippen LogP contribution in [0.25, 0.3) is 0 Å². The molecule has 122 valence electrons. The van der Waals surface area contributed by atoms with Crippen LogP contribution in [-0.2, 0) is 17.8 Å². The summed E-state index contributed by atoms with van der Waals surface area (Å²) in [5.74, 6) is 1.59. The van der Waals surface area contributed by atoms with Crippen LogP contribution in [0, 0.1) is 6.92 Å². The Balaban J connectivity index is 1.91. The average Bonchev–Trinajstić information content (AvgIpc) is 2.55. The molecule has 0 aliphatic heterocycles. The highest BCUT2D eigenvalue weighted by Crippen LogP contribution is 2.19. The van der Waals surface area contributed by atoms with E-state index in [1.807, 2.05) is 56.3 Å². The molecule has 0 aliphatic carbocycles. The second-order valence-corrected chi connectivity index (χ2v) is 5.35. The zero-order valence-electron chi connectivity index (χ0n) is 13.9. The van der Waals surface area contributed by atoms with Gasteiger partial charge in [-0.3, -0.25) is 4.79 Å². The minimum Gasteiger partial charge on any atom is -0.496 e. The fourth-order valence-corrected chi connectivity index (χ4v) is 2.36. The van der Waals surface area contributed by atoms with E-state index < -0.39 is 0 Å². The summed E-state index contributed by atoms with van der Waals surface area (Å²) in [5.41, 5.74) is 3.08. The van der Waals surface area contributed by atoms with E-state index in [0.717, 1.165) is 28.2 Å². The lowest BCUT2D eigenvalue weighted by molar-refractivity contribution is -0.120. The lowest BCUT2D eigenvalue weighted by Gasteiger charge is -2.11. The predicted octanol–water partition coefficient (Wildman–Crippen LogP) is 3.26. The van der Waals surface area contributed by atoms with Crippen molar-refractivity contribution in [3.63, 3.8) is 0 Å². The maximum Gasteiger partial charge on any atom is 0.224 e. The first-order chi connectivity index (χ1) is 11.1. The quantitative estimate of drug-likeness (QED) is 0.853. The Hall–Kier alpha value is -2.49. The van der Waals surface area contributed by atoms with Gasteiger partial charge in [-0.2, -0.15) is 0 Å². The van der Waals surface area contributed by atoms with Gasteiger partial charge in [0.1, 0.15) is 11.5 Å². The topological polar surface area (TPSA) is 47.6 Å². The van der Waals surface area contributed by atoms with Gasteiger partial charge in [0.25, 0.3) is 0 Å². The zero-order valence-corrected chi connectivity index (χ0v) is 13.9. The third-order valence-electron chi connectivity index (χ3n) is 3.51. The first-order valence-electron chi connectivity index (χ1n) is 7.74. The van der Waals surface area contributed by atoms with Crippen LogP contribution < -0.4 is 14.8 Å². The summed E-state index contributed by atoms with van der Waals surface area (Å²) < 4.78 is 10.7. The van der Waals surface area contributed by atoms with Gasteiger partial charge in [-0.05, 0) is 37.6 Å². The molecule has 2 aromatic carbocycles. The first kappa shape index (κ1) is 16.9. The Morgan fingerprint density at radius 3 is 2.52 bits per heavy atom. The number of aryl methyl sites for hydroxylation is 1. The van der Waals surface area contributed by atoms with Crippen LogP contribution in [-0.4, -0.2) is 19.6 Å². The van der Waals surface area contributed by atoms with Crippen LogP contribution in [0.5, 0.6) is 11.5 Å². The Morgan fingerprint density at radius 1 is 1.13 bits per heavy atom. The molecule has 2 aromatic rings. The van der Waals surface area contributed by atoms with E-state index in [1.165, 1.54) is 0 Å². The molecule has 0 spiro atoms. The Morgan fingerprint density at radius 2 is 1.87 bits per heavy atom. The first-order valence-corrected chi connectivity index (χ1v) is 7.74. The number of amides is 1. The molecule has 0 saturated carbocycles. The Kier molecular flexibility index (Phi) is 6.03. The minimum absolute atomic E-state index is 0.0160. The molecule has 2 rings (SSSR count). The molecule has 0 radical (unpaired) electrons. The van der Waals surface area contributed by atoms with Crippen molar-refractivity contribution in [1.29, 1.82) is 0 Å². The maximum absolute atomic E-state index is 12.1. The molecule has 4 heteroatoms. The predicted molar refractivity (Wildman–Crippen MR) is 90.9 cm³/mol. The van der Waals surface area contributed by atoms with Gasteiger partial charge in [0, 0.05) is 12.1 Å². The number of hydrogen-bond donors (Lipinski definition) is 1. The van der Waals surface area contributed by atoms with Crippen molar-refractivity contribution < 1.29 is 14.3 Å². The van der Waals surface area contributed by atoms with Crippen molar-refractivity contribution in [2.45, 2.75) is 26.8 Å². The van der Waals surface area contributed by atoms with E-state index in [-0.39, 0.29) is 5.91 Å². The highest BCUT2D eigenvalue weighted by Gasteiger charge is 2.07. The molecular formula is C19H23NO3. The van der Waals surface area contributed by atoms with Gasteiger partial charge in [-0.1, -0.05) is 29.8 Å². The zero-order chi connectivity index (χ0) is 16.7. The molecule has 0 unspecified atom stereocenters. The summed E-state index contributed by atoms with van der Waals surface area (Å²) in [5, 5.41) is 2.94. The van der Waals surface area contributed by atoms with Gasteiger partial charge in [0.05, 0.1) is 20.1 Å². The SMILES string of the molecule is CCOc1ccc(CC(=O)NCc2cc(C)ccc2OC)cc1. The van der Waals surface area contributed by atoms with Crippen LogP contribution in [0.2, 0.25) is 0 Å². The van der Waals surface area contributed by atoms with Crippen molar-refractivity contribution in [1.82, 2.24) is 5.32 Å². The molecule has 1 N–H and O–H groups in total. The summed E-state index contributed by atoms with van der Waals surface area (Å²) >= 11 is 0. The van der Waals surface area contributed by atoms with E-state index >= 15 is 0 Å². The monoisotopic (exact) mass is 313 g/mol. The molecule has 0 aromatic heterocycles. The van der Waals surface area contributed by atoms with E-state index in [0.29, 0.717) is 19.6 Å². The van der Waals surface area contributed by atoms with Gasteiger partial charge in [-0.15, -0.1) is 0 Å². The van der Waals surface area contributed by atoms with Crippen molar-refractivity contribution in [3.05, 3.63) is 59.2 Å². The number of rotatable bonds is 7. The van der Waals surface area contributed by atoms with Crippen molar-refractivity contribution in [3.8, 4) is 11.5 Å². The van der Waals surface area contributed by atoms with Crippen LogP contribution in [0.15, 0.2) is 42.5 Å². The van der Waals surface area contributed by atoms with Crippen molar-refractivity contribution >= 4 is 5.91 Å². The lowest BCUT2D eigenvalue weighted by atomic mass is 10.1. The van der Waals surface area contributed by atoms with Crippen LogP contribution in [0.4, 0.5) is 0 Å².